The summed E-state index contributed by atoms with van der Waals surface area (Å²) in [5, 5.41) is 0.638. The van der Waals surface area contributed by atoms with Gasteiger partial charge in [0.1, 0.15) is 17.6 Å². The predicted octanol–water partition coefficient (Wildman–Crippen LogP) is 1.86. The van der Waals surface area contributed by atoms with E-state index in [-0.39, 0.29) is 6.10 Å². The molecule has 1 aliphatic rings. The SMILES string of the molecule is Cn1c(Cl)cnc1COC1CCCC(N)C1. The van der Waals surface area contributed by atoms with E-state index in [9.17, 15) is 0 Å². The molecule has 0 aromatic carbocycles. The number of imidazole rings is 1. The average molecular weight is 244 g/mol. The van der Waals surface area contributed by atoms with Crippen molar-refractivity contribution >= 4 is 11.6 Å². The zero-order chi connectivity index (χ0) is 11.5. The smallest absolute Gasteiger partial charge is 0.135 e. The van der Waals surface area contributed by atoms with Crippen LogP contribution in [-0.4, -0.2) is 21.7 Å². The summed E-state index contributed by atoms with van der Waals surface area (Å²) in [7, 11) is 1.89. The molecule has 0 amide bonds. The average Bonchev–Trinajstić information content (AvgIpc) is 2.57. The molecule has 1 aliphatic carbocycles. The van der Waals surface area contributed by atoms with Gasteiger partial charge in [0.25, 0.3) is 0 Å². The molecule has 0 saturated heterocycles. The molecule has 0 spiro atoms. The maximum Gasteiger partial charge on any atom is 0.135 e. The molecule has 2 atom stereocenters. The van der Waals surface area contributed by atoms with E-state index in [0.29, 0.717) is 17.8 Å². The van der Waals surface area contributed by atoms with Crippen molar-refractivity contribution in [2.45, 2.75) is 44.4 Å². The van der Waals surface area contributed by atoms with E-state index in [1.807, 2.05) is 11.6 Å². The number of hydrogen-bond acceptors (Lipinski definition) is 3. The minimum atomic E-state index is 0.277. The number of hydrogen-bond donors (Lipinski definition) is 1. The Morgan fingerprint density at radius 1 is 1.62 bits per heavy atom. The Balaban J connectivity index is 1.85. The third kappa shape index (κ3) is 2.75. The largest absolute Gasteiger partial charge is 0.370 e. The molecular formula is C11H18ClN3O. The highest BCUT2D eigenvalue weighted by molar-refractivity contribution is 6.29. The Morgan fingerprint density at radius 3 is 3.06 bits per heavy atom. The fourth-order valence-electron chi connectivity index (χ4n) is 2.08. The lowest BCUT2D eigenvalue weighted by molar-refractivity contribution is 0.00812. The lowest BCUT2D eigenvalue weighted by Gasteiger charge is -2.26. The van der Waals surface area contributed by atoms with Gasteiger partial charge in [-0.3, -0.25) is 0 Å². The molecule has 4 nitrogen and oxygen atoms in total. The van der Waals surface area contributed by atoms with Crippen molar-refractivity contribution in [1.82, 2.24) is 9.55 Å². The van der Waals surface area contributed by atoms with Crippen LogP contribution >= 0.6 is 11.6 Å². The maximum absolute atomic E-state index is 5.91. The molecule has 1 saturated carbocycles. The molecular weight excluding hydrogens is 226 g/mol. The summed E-state index contributed by atoms with van der Waals surface area (Å²) in [5.74, 6) is 0.865. The number of ether oxygens (including phenoxy) is 1. The lowest BCUT2D eigenvalue weighted by atomic mass is 9.94. The Kier molecular flexibility index (Phi) is 3.84. The Hall–Kier alpha value is -0.580. The van der Waals surface area contributed by atoms with Crippen LogP contribution in [0.3, 0.4) is 0 Å². The normalized spacial score (nSPS) is 25.9. The summed E-state index contributed by atoms with van der Waals surface area (Å²) in [5.41, 5.74) is 5.91. The van der Waals surface area contributed by atoms with Crippen molar-refractivity contribution in [3.8, 4) is 0 Å². The van der Waals surface area contributed by atoms with Gasteiger partial charge in [0, 0.05) is 13.1 Å². The first kappa shape index (κ1) is 11.9. The van der Waals surface area contributed by atoms with E-state index >= 15 is 0 Å². The monoisotopic (exact) mass is 243 g/mol. The number of halogens is 1. The topological polar surface area (TPSA) is 53.1 Å². The minimum Gasteiger partial charge on any atom is -0.370 e. The van der Waals surface area contributed by atoms with Crippen molar-refractivity contribution in [3.63, 3.8) is 0 Å². The van der Waals surface area contributed by atoms with Gasteiger partial charge in [-0.15, -0.1) is 0 Å². The molecule has 1 fully saturated rings. The summed E-state index contributed by atoms with van der Waals surface area (Å²) >= 11 is 5.90. The first-order chi connectivity index (χ1) is 7.66. The molecule has 90 valence electrons. The van der Waals surface area contributed by atoms with Crippen LogP contribution in [0.15, 0.2) is 6.20 Å². The Bertz CT molecular complexity index is 353. The summed E-state index contributed by atoms with van der Waals surface area (Å²) < 4.78 is 7.65. The first-order valence-corrected chi connectivity index (χ1v) is 6.08. The van der Waals surface area contributed by atoms with Gasteiger partial charge in [0.05, 0.1) is 12.3 Å². The molecule has 1 heterocycles. The van der Waals surface area contributed by atoms with Crippen LogP contribution in [0.25, 0.3) is 0 Å². The molecule has 0 aliphatic heterocycles. The van der Waals surface area contributed by atoms with Gasteiger partial charge in [-0.25, -0.2) is 4.98 Å². The second-order valence-corrected chi connectivity index (χ2v) is 4.80. The van der Waals surface area contributed by atoms with Crippen molar-refractivity contribution < 1.29 is 4.74 Å². The van der Waals surface area contributed by atoms with Crippen LogP contribution in [0, 0.1) is 0 Å². The van der Waals surface area contributed by atoms with Crippen molar-refractivity contribution in [2.75, 3.05) is 0 Å². The van der Waals surface area contributed by atoms with Crippen LogP contribution in [0.1, 0.15) is 31.5 Å². The van der Waals surface area contributed by atoms with Crippen LogP contribution in [-0.2, 0) is 18.4 Å². The Morgan fingerprint density at radius 2 is 2.44 bits per heavy atom. The molecule has 2 N–H and O–H groups in total. The molecule has 16 heavy (non-hydrogen) atoms. The first-order valence-electron chi connectivity index (χ1n) is 5.70. The van der Waals surface area contributed by atoms with Crippen LogP contribution in [0.5, 0.6) is 0 Å². The van der Waals surface area contributed by atoms with Gasteiger partial charge in [-0.05, 0) is 25.7 Å². The van der Waals surface area contributed by atoms with Crippen LogP contribution in [0.4, 0.5) is 0 Å². The number of nitrogens with zero attached hydrogens (tertiary/aromatic N) is 2. The summed E-state index contributed by atoms with van der Waals surface area (Å²) in [6.45, 7) is 0.514. The number of rotatable bonds is 3. The lowest BCUT2D eigenvalue weighted by Crippen LogP contribution is -2.32. The number of aromatic nitrogens is 2. The standard InChI is InChI=1S/C11H18ClN3O/c1-15-10(12)6-14-11(15)7-16-9-4-2-3-8(13)5-9/h6,8-9H,2-5,7,13H2,1H3. The fourth-order valence-corrected chi connectivity index (χ4v) is 2.23. The van der Waals surface area contributed by atoms with E-state index in [2.05, 4.69) is 4.98 Å². The van der Waals surface area contributed by atoms with Gasteiger partial charge in [-0.2, -0.15) is 0 Å². The number of nitrogens with two attached hydrogens (primary N) is 1. The second-order valence-electron chi connectivity index (χ2n) is 4.42. The van der Waals surface area contributed by atoms with E-state index in [1.54, 1.807) is 6.20 Å². The van der Waals surface area contributed by atoms with Gasteiger partial charge in [-0.1, -0.05) is 11.6 Å². The van der Waals surface area contributed by atoms with Gasteiger partial charge in [0.2, 0.25) is 0 Å². The highest BCUT2D eigenvalue weighted by Gasteiger charge is 2.20. The zero-order valence-corrected chi connectivity index (χ0v) is 10.3. The zero-order valence-electron chi connectivity index (χ0n) is 9.53. The van der Waals surface area contributed by atoms with Crippen molar-refractivity contribution in [1.29, 1.82) is 0 Å². The van der Waals surface area contributed by atoms with E-state index < -0.39 is 0 Å². The Labute approximate surface area is 101 Å². The van der Waals surface area contributed by atoms with Crippen molar-refractivity contribution in [3.05, 3.63) is 17.2 Å². The summed E-state index contributed by atoms with van der Waals surface area (Å²) in [6, 6.07) is 0.295. The van der Waals surface area contributed by atoms with E-state index in [1.165, 1.54) is 0 Å². The van der Waals surface area contributed by atoms with Gasteiger partial charge < -0.3 is 15.0 Å². The van der Waals surface area contributed by atoms with Crippen LogP contribution in [0.2, 0.25) is 5.15 Å². The molecule has 1 aromatic heterocycles. The molecule has 2 unspecified atom stereocenters. The molecule has 5 heteroatoms. The van der Waals surface area contributed by atoms with Gasteiger partial charge >= 0.3 is 0 Å². The van der Waals surface area contributed by atoms with E-state index in [4.69, 9.17) is 22.1 Å². The third-order valence-electron chi connectivity index (χ3n) is 3.14. The molecule has 0 radical (unpaired) electrons. The molecule has 1 aromatic rings. The van der Waals surface area contributed by atoms with Crippen molar-refractivity contribution in [2.24, 2.45) is 12.8 Å². The van der Waals surface area contributed by atoms with Crippen LogP contribution < -0.4 is 5.73 Å². The maximum atomic E-state index is 5.91. The summed E-state index contributed by atoms with van der Waals surface area (Å²) in [4.78, 5) is 4.19. The molecule has 0 bridgehead atoms. The highest BCUT2D eigenvalue weighted by atomic mass is 35.5. The quantitative estimate of drug-likeness (QED) is 0.882. The summed E-state index contributed by atoms with van der Waals surface area (Å²) in [6.07, 6.45) is 6.26. The highest BCUT2D eigenvalue weighted by Crippen LogP contribution is 2.21. The second kappa shape index (κ2) is 5.17. The third-order valence-corrected chi connectivity index (χ3v) is 3.49. The predicted molar refractivity (Wildman–Crippen MR) is 63.2 cm³/mol. The minimum absolute atomic E-state index is 0.277. The van der Waals surface area contributed by atoms with Gasteiger partial charge in [0.15, 0.2) is 0 Å². The molecule has 2 rings (SSSR count). The van der Waals surface area contributed by atoms with E-state index in [0.717, 1.165) is 31.5 Å². The fraction of sp³-hybridized carbons (Fsp3) is 0.727.